The second-order valence-electron chi connectivity index (χ2n) is 7.71. The number of fused-ring (bicyclic) bond motifs is 1. The molecule has 0 saturated carbocycles. The molecule has 0 spiro atoms. The summed E-state index contributed by atoms with van der Waals surface area (Å²) in [5, 5.41) is 17.7. The molecular weight excluding hydrogens is 406 g/mol. The highest BCUT2D eigenvalue weighted by Gasteiger charge is 2.42. The third-order valence-electron chi connectivity index (χ3n) is 5.70. The molecule has 1 aliphatic heterocycles. The van der Waals surface area contributed by atoms with Gasteiger partial charge in [-0.05, 0) is 50.1 Å². The van der Waals surface area contributed by atoms with Gasteiger partial charge in [-0.3, -0.25) is 9.89 Å². The van der Waals surface area contributed by atoms with Crippen molar-refractivity contribution in [2.75, 3.05) is 19.8 Å². The van der Waals surface area contributed by atoms with Crippen LogP contribution in [0.4, 0.5) is 0 Å². The fourth-order valence-corrected chi connectivity index (χ4v) is 4.16. The number of aromatic nitrogens is 2. The number of rotatable bonds is 9. The molecule has 32 heavy (non-hydrogen) atoms. The van der Waals surface area contributed by atoms with Crippen LogP contribution in [0.3, 0.4) is 0 Å². The normalized spacial score (nSPS) is 15.2. The molecule has 0 aliphatic carbocycles. The average molecular weight is 436 g/mol. The number of phenols is 1. The molecule has 1 amide bonds. The maximum atomic E-state index is 13.1. The van der Waals surface area contributed by atoms with Gasteiger partial charge in [0.1, 0.15) is 17.1 Å². The van der Waals surface area contributed by atoms with E-state index in [9.17, 15) is 9.90 Å². The van der Waals surface area contributed by atoms with E-state index in [1.165, 1.54) is 0 Å². The SMILES string of the molecule is CCCCOc1ccc([C@@H]2c3c(-c4ccccc4O)n[nH]c3C(=O)N2CC)cc1OCC. The molecule has 2 aromatic carbocycles. The van der Waals surface area contributed by atoms with Gasteiger partial charge in [-0.2, -0.15) is 5.10 Å². The fourth-order valence-electron chi connectivity index (χ4n) is 4.16. The molecule has 1 aromatic heterocycles. The lowest BCUT2D eigenvalue weighted by Crippen LogP contribution is -2.29. The van der Waals surface area contributed by atoms with Gasteiger partial charge in [-0.25, -0.2) is 0 Å². The van der Waals surface area contributed by atoms with Crippen molar-refractivity contribution in [3.05, 3.63) is 59.3 Å². The quantitative estimate of drug-likeness (QED) is 0.466. The van der Waals surface area contributed by atoms with Crippen molar-refractivity contribution in [1.29, 1.82) is 0 Å². The summed E-state index contributed by atoms with van der Waals surface area (Å²) in [5.74, 6) is 1.37. The molecule has 4 rings (SSSR count). The van der Waals surface area contributed by atoms with E-state index in [2.05, 4.69) is 17.1 Å². The van der Waals surface area contributed by atoms with E-state index in [0.29, 0.717) is 48.2 Å². The zero-order valence-electron chi connectivity index (χ0n) is 18.7. The number of nitrogens with one attached hydrogen (secondary N) is 1. The third kappa shape index (κ3) is 3.79. The summed E-state index contributed by atoms with van der Waals surface area (Å²) in [6.07, 6.45) is 2.02. The van der Waals surface area contributed by atoms with E-state index >= 15 is 0 Å². The van der Waals surface area contributed by atoms with Crippen LogP contribution < -0.4 is 9.47 Å². The summed E-state index contributed by atoms with van der Waals surface area (Å²) in [7, 11) is 0. The highest BCUT2D eigenvalue weighted by atomic mass is 16.5. The Balaban J connectivity index is 1.80. The van der Waals surface area contributed by atoms with Crippen molar-refractivity contribution >= 4 is 5.91 Å². The number of hydrogen-bond acceptors (Lipinski definition) is 5. The van der Waals surface area contributed by atoms with Gasteiger partial charge >= 0.3 is 0 Å². The molecule has 0 radical (unpaired) electrons. The molecule has 0 unspecified atom stereocenters. The van der Waals surface area contributed by atoms with Gasteiger partial charge in [0.2, 0.25) is 0 Å². The van der Waals surface area contributed by atoms with Crippen molar-refractivity contribution in [2.45, 2.75) is 39.7 Å². The van der Waals surface area contributed by atoms with Crippen molar-refractivity contribution in [1.82, 2.24) is 15.1 Å². The van der Waals surface area contributed by atoms with E-state index in [-0.39, 0.29) is 17.7 Å². The van der Waals surface area contributed by atoms with E-state index in [1.54, 1.807) is 23.1 Å². The zero-order chi connectivity index (χ0) is 22.7. The number of carbonyl (C=O) groups is 1. The predicted octanol–water partition coefficient (Wildman–Crippen LogP) is 4.93. The Kier molecular flexibility index (Phi) is 6.35. The first-order valence-corrected chi connectivity index (χ1v) is 11.2. The van der Waals surface area contributed by atoms with Crippen molar-refractivity contribution in [3.8, 4) is 28.5 Å². The summed E-state index contributed by atoms with van der Waals surface area (Å²) in [5.41, 5.74) is 3.29. The fraction of sp³-hybridized carbons (Fsp3) is 0.360. The summed E-state index contributed by atoms with van der Waals surface area (Å²) in [6.45, 7) is 7.68. The Morgan fingerprint density at radius 1 is 1.09 bits per heavy atom. The number of hydrogen-bond donors (Lipinski definition) is 2. The smallest absolute Gasteiger partial charge is 0.273 e. The van der Waals surface area contributed by atoms with Crippen LogP contribution in [0, 0.1) is 0 Å². The Hall–Kier alpha value is -3.48. The van der Waals surface area contributed by atoms with Crippen LogP contribution in [0.2, 0.25) is 0 Å². The van der Waals surface area contributed by atoms with E-state index in [4.69, 9.17) is 9.47 Å². The van der Waals surface area contributed by atoms with E-state index < -0.39 is 0 Å². The van der Waals surface area contributed by atoms with Gasteiger partial charge in [0.25, 0.3) is 5.91 Å². The molecule has 0 saturated heterocycles. The van der Waals surface area contributed by atoms with Crippen molar-refractivity contribution < 1.29 is 19.4 Å². The number of aromatic amines is 1. The number of phenolic OH excluding ortho intramolecular Hbond substituents is 1. The monoisotopic (exact) mass is 435 g/mol. The van der Waals surface area contributed by atoms with Gasteiger partial charge in [0.15, 0.2) is 11.5 Å². The number of para-hydroxylation sites is 1. The number of nitrogens with zero attached hydrogens (tertiary/aromatic N) is 2. The van der Waals surface area contributed by atoms with E-state index in [0.717, 1.165) is 24.0 Å². The van der Waals surface area contributed by atoms with Gasteiger partial charge in [-0.1, -0.05) is 31.5 Å². The molecule has 0 bridgehead atoms. The molecule has 2 heterocycles. The number of benzene rings is 2. The molecule has 7 nitrogen and oxygen atoms in total. The Labute approximate surface area is 188 Å². The molecular formula is C25H29N3O4. The molecule has 2 N–H and O–H groups in total. The lowest BCUT2D eigenvalue weighted by atomic mass is 9.95. The maximum absolute atomic E-state index is 13.1. The molecule has 1 atom stereocenters. The number of amides is 1. The number of H-pyrrole nitrogens is 1. The lowest BCUT2D eigenvalue weighted by Gasteiger charge is -2.26. The standard InChI is InChI=1S/C25H29N3O4/c1-4-7-14-32-19-13-12-16(15-20(19)31-6-3)24-21-22(17-10-8-9-11-18(17)29)26-27-23(21)25(30)28(24)5-2/h8-13,15,24,29H,4-7,14H2,1-3H3,(H,26,27)/t24-/m1/s1. The van der Waals surface area contributed by atoms with Crippen LogP contribution in [-0.2, 0) is 0 Å². The minimum Gasteiger partial charge on any atom is -0.507 e. The molecule has 3 aromatic rings. The highest BCUT2D eigenvalue weighted by Crippen LogP contribution is 2.45. The maximum Gasteiger partial charge on any atom is 0.273 e. The topological polar surface area (TPSA) is 87.7 Å². The first-order valence-electron chi connectivity index (χ1n) is 11.2. The Morgan fingerprint density at radius 2 is 1.91 bits per heavy atom. The van der Waals surface area contributed by atoms with Gasteiger partial charge < -0.3 is 19.5 Å². The predicted molar refractivity (Wildman–Crippen MR) is 122 cm³/mol. The van der Waals surface area contributed by atoms with Crippen LogP contribution in [-0.4, -0.2) is 45.9 Å². The summed E-state index contributed by atoms with van der Waals surface area (Å²) >= 11 is 0. The lowest BCUT2D eigenvalue weighted by molar-refractivity contribution is 0.0753. The van der Waals surface area contributed by atoms with Crippen LogP contribution in [0.25, 0.3) is 11.3 Å². The van der Waals surface area contributed by atoms with Crippen molar-refractivity contribution in [3.63, 3.8) is 0 Å². The van der Waals surface area contributed by atoms with Crippen LogP contribution in [0.5, 0.6) is 17.2 Å². The van der Waals surface area contributed by atoms with Gasteiger partial charge in [0.05, 0.1) is 19.3 Å². The van der Waals surface area contributed by atoms with Crippen LogP contribution in [0.1, 0.15) is 61.3 Å². The third-order valence-corrected chi connectivity index (χ3v) is 5.70. The molecule has 7 heteroatoms. The summed E-state index contributed by atoms with van der Waals surface area (Å²) in [4.78, 5) is 14.9. The second-order valence-corrected chi connectivity index (χ2v) is 7.71. The Morgan fingerprint density at radius 3 is 2.62 bits per heavy atom. The number of aromatic hydroxyl groups is 1. The zero-order valence-corrected chi connectivity index (χ0v) is 18.7. The first kappa shape index (κ1) is 21.7. The minimum absolute atomic E-state index is 0.108. The van der Waals surface area contributed by atoms with Crippen molar-refractivity contribution in [2.24, 2.45) is 0 Å². The summed E-state index contributed by atoms with van der Waals surface area (Å²) < 4.78 is 11.8. The number of ether oxygens (including phenoxy) is 2. The number of carbonyl (C=O) groups excluding carboxylic acids is 1. The molecule has 0 fully saturated rings. The summed E-state index contributed by atoms with van der Waals surface area (Å²) in [6, 6.07) is 12.5. The van der Waals surface area contributed by atoms with Crippen LogP contribution in [0.15, 0.2) is 42.5 Å². The minimum atomic E-state index is -0.347. The van der Waals surface area contributed by atoms with E-state index in [1.807, 2.05) is 38.1 Å². The molecule has 1 aliphatic rings. The second kappa shape index (κ2) is 9.34. The largest absolute Gasteiger partial charge is 0.507 e. The molecule has 168 valence electrons. The van der Waals surface area contributed by atoms with Gasteiger partial charge in [-0.15, -0.1) is 0 Å². The van der Waals surface area contributed by atoms with Gasteiger partial charge in [0, 0.05) is 17.7 Å². The average Bonchev–Trinajstić information content (AvgIpc) is 3.34. The van der Waals surface area contributed by atoms with Crippen LogP contribution >= 0.6 is 0 Å². The highest BCUT2D eigenvalue weighted by molar-refractivity contribution is 6.00. The Bertz CT molecular complexity index is 1110. The number of unbranched alkanes of at least 4 members (excludes halogenated alkanes) is 1. The first-order chi connectivity index (χ1) is 15.6.